The molecule has 0 fully saturated rings. The number of amides is 1. The summed E-state index contributed by atoms with van der Waals surface area (Å²) in [6.45, 7) is 1.99. The molecule has 0 aliphatic heterocycles. The highest BCUT2D eigenvalue weighted by atomic mass is 32.2. The molecule has 2 N–H and O–H groups in total. The average molecular weight is 461 g/mol. The fraction of sp³-hybridized carbons (Fsp3) is 0.238. The highest BCUT2D eigenvalue weighted by Crippen LogP contribution is 2.20. The second-order valence-corrected chi connectivity index (χ2v) is 9.28. The van der Waals surface area contributed by atoms with Gasteiger partial charge in [-0.1, -0.05) is 17.8 Å². The molecule has 1 unspecified atom stereocenters. The predicted octanol–water partition coefficient (Wildman–Crippen LogP) is 3.16. The van der Waals surface area contributed by atoms with E-state index in [2.05, 4.69) is 15.0 Å². The maximum absolute atomic E-state index is 12.7. The molecule has 10 heteroatoms. The molecular weight excluding hydrogens is 436 g/mol. The van der Waals surface area contributed by atoms with E-state index in [-0.39, 0.29) is 23.5 Å². The lowest BCUT2D eigenvalue weighted by Gasteiger charge is -2.13. The summed E-state index contributed by atoms with van der Waals surface area (Å²) >= 11 is 1.51. The summed E-state index contributed by atoms with van der Waals surface area (Å²) in [4.78, 5) is 17.1. The van der Waals surface area contributed by atoms with Crippen molar-refractivity contribution < 1.29 is 17.9 Å². The Balaban J connectivity index is 1.72. The second-order valence-electron chi connectivity index (χ2n) is 6.79. The van der Waals surface area contributed by atoms with Crippen molar-refractivity contribution in [1.29, 1.82) is 0 Å². The lowest BCUT2D eigenvalue weighted by atomic mass is 10.2. The zero-order valence-electron chi connectivity index (χ0n) is 17.4. The largest absolute Gasteiger partial charge is 0.383 e. The Bertz CT molecular complexity index is 1140. The monoisotopic (exact) mass is 460 g/mol. The number of nitrogens with zero attached hydrogens (tertiary/aromatic N) is 2. The standard InChI is InChI=1S/C21H24N4O4S2/c1-15(14-29-2)24-31(27,28)19-9-7-17(8-10-19)23-20(26)16-5-4-6-18(13-16)25-12-11-22-21(25)30-3/h4-13,15,24H,14H2,1-3H3,(H,23,26). The number of anilines is 1. The minimum absolute atomic E-state index is 0.111. The molecule has 0 spiro atoms. The number of imidazole rings is 1. The van der Waals surface area contributed by atoms with Gasteiger partial charge in [-0.05, 0) is 55.6 Å². The fourth-order valence-corrected chi connectivity index (χ4v) is 4.73. The molecule has 0 bridgehead atoms. The molecule has 31 heavy (non-hydrogen) atoms. The smallest absolute Gasteiger partial charge is 0.255 e. The van der Waals surface area contributed by atoms with E-state index in [1.165, 1.54) is 31.0 Å². The van der Waals surface area contributed by atoms with Crippen LogP contribution in [-0.4, -0.2) is 49.9 Å². The molecule has 1 atom stereocenters. The number of methoxy groups -OCH3 is 1. The fourth-order valence-electron chi connectivity index (χ4n) is 2.97. The van der Waals surface area contributed by atoms with E-state index in [0.717, 1.165) is 10.8 Å². The molecule has 164 valence electrons. The second kappa shape index (κ2) is 10.1. The van der Waals surface area contributed by atoms with Crippen molar-refractivity contribution in [3.63, 3.8) is 0 Å². The first kappa shape index (κ1) is 23.0. The van der Waals surface area contributed by atoms with E-state index in [4.69, 9.17) is 4.74 Å². The molecule has 2 aromatic carbocycles. The SMILES string of the molecule is COCC(C)NS(=O)(=O)c1ccc(NC(=O)c2cccc(-n3ccnc3SC)c2)cc1. The first-order valence-corrected chi connectivity index (χ1v) is 12.2. The summed E-state index contributed by atoms with van der Waals surface area (Å²) in [5.41, 5.74) is 1.80. The molecule has 3 rings (SSSR count). The molecule has 0 saturated heterocycles. The number of carbonyl (C=O) groups is 1. The lowest BCUT2D eigenvalue weighted by Crippen LogP contribution is -2.35. The van der Waals surface area contributed by atoms with Crippen LogP contribution in [0.25, 0.3) is 5.69 Å². The van der Waals surface area contributed by atoms with E-state index in [1.54, 1.807) is 43.5 Å². The molecule has 1 aromatic heterocycles. The normalized spacial score (nSPS) is 12.5. The van der Waals surface area contributed by atoms with Crippen LogP contribution in [0, 0.1) is 0 Å². The molecule has 0 aliphatic rings. The van der Waals surface area contributed by atoms with E-state index in [0.29, 0.717) is 11.3 Å². The number of nitrogens with one attached hydrogen (secondary N) is 2. The van der Waals surface area contributed by atoms with Gasteiger partial charge in [0.25, 0.3) is 5.91 Å². The van der Waals surface area contributed by atoms with Crippen molar-refractivity contribution in [3.05, 3.63) is 66.5 Å². The van der Waals surface area contributed by atoms with Crippen molar-refractivity contribution in [2.75, 3.05) is 25.3 Å². The van der Waals surface area contributed by atoms with Gasteiger partial charge in [0.1, 0.15) is 0 Å². The van der Waals surface area contributed by atoms with Crippen molar-refractivity contribution in [1.82, 2.24) is 14.3 Å². The van der Waals surface area contributed by atoms with Gasteiger partial charge < -0.3 is 10.1 Å². The number of rotatable bonds is 9. The topological polar surface area (TPSA) is 102 Å². The highest BCUT2D eigenvalue weighted by Gasteiger charge is 2.17. The number of hydrogen-bond acceptors (Lipinski definition) is 6. The summed E-state index contributed by atoms with van der Waals surface area (Å²) in [7, 11) is -2.16. The minimum Gasteiger partial charge on any atom is -0.383 e. The number of ether oxygens (including phenoxy) is 1. The maximum Gasteiger partial charge on any atom is 0.255 e. The molecule has 0 saturated carbocycles. The van der Waals surface area contributed by atoms with Crippen molar-refractivity contribution >= 4 is 33.4 Å². The van der Waals surface area contributed by atoms with Crippen molar-refractivity contribution in [3.8, 4) is 5.69 Å². The first-order chi connectivity index (χ1) is 14.8. The van der Waals surface area contributed by atoms with Gasteiger partial charge in [0.05, 0.1) is 11.5 Å². The minimum atomic E-state index is -3.67. The van der Waals surface area contributed by atoms with E-state index in [9.17, 15) is 13.2 Å². The van der Waals surface area contributed by atoms with E-state index in [1.807, 2.05) is 23.1 Å². The molecule has 1 amide bonds. The van der Waals surface area contributed by atoms with Gasteiger partial charge in [-0.3, -0.25) is 9.36 Å². The van der Waals surface area contributed by atoms with Gasteiger partial charge in [-0.15, -0.1) is 0 Å². The van der Waals surface area contributed by atoms with Crippen molar-refractivity contribution in [2.24, 2.45) is 0 Å². The third kappa shape index (κ3) is 5.73. The maximum atomic E-state index is 12.7. The number of sulfonamides is 1. The highest BCUT2D eigenvalue weighted by molar-refractivity contribution is 7.98. The quantitative estimate of drug-likeness (QED) is 0.476. The molecule has 3 aromatic rings. The van der Waals surface area contributed by atoms with Crippen LogP contribution >= 0.6 is 11.8 Å². The molecule has 0 radical (unpaired) electrons. The van der Waals surface area contributed by atoms with Crippen LogP contribution in [0.2, 0.25) is 0 Å². The predicted molar refractivity (Wildman–Crippen MR) is 121 cm³/mol. The van der Waals surface area contributed by atoms with Crippen molar-refractivity contribution in [2.45, 2.75) is 23.0 Å². The number of hydrogen-bond donors (Lipinski definition) is 2. The Hall–Kier alpha value is -2.66. The Morgan fingerprint density at radius 1 is 1.23 bits per heavy atom. The summed E-state index contributed by atoms with van der Waals surface area (Å²) in [6, 6.07) is 12.8. The summed E-state index contributed by atoms with van der Waals surface area (Å²) in [5, 5.41) is 3.62. The van der Waals surface area contributed by atoms with Gasteiger partial charge >= 0.3 is 0 Å². The van der Waals surface area contributed by atoms with Crippen LogP contribution in [0.1, 0.15) is 17.3 Å². The third-order valence-corrected chi connectivity index (χ3v) is 6.64. The zero-order valence-corrected chi connectivity index (χ0v) is 19.0. The van der Waals surface area contributed by atoms with Gasteiger partial charge in [0, 0.05) is 42.5 Å². The Kier molecular flexibility index (Phi) is 7.50. The van der Waals surface area contributed by atoms with Gasteiger partial charge in [0.2, 0.25) is 10.0 Å². The Labute approximate surface area is 186 Å². The summed E-state index contributed by atoms with van der Waals surface area (Å²) in [6.07, 6.45) is 5.48. The number of aromatic nitrogens is 2. The van der Waals surface area contributed by atoms with Crippen LogP contribution in [0.4, 0.5) is 5.69 Å². The van der Waals surface area contributed by atoms with Gasteiger partial charge in [0.15, 0.2) is 5.16 Å². The first-order valence-electron chi connectivity index (χ1n) is 9.44. The number of carbonyl (C=O) groups excluding carboxylic acids is 1. The number of benzene rings is 2. The van der Waals surface area contributed by atoms with Crippen LogP contribution in [0.3, 0.4) is 0 Å². The molecule has 1 heterocycles. The Morgan fingerprint density at radius 3 is 2.65 bits per heavy atom. The number of thioether (sulfide) groups is 1. The average Bonchev–Trinajstić information content (AvgIpc) is 3.23. The zero-order chi connectivity index (χ0) is 22.4. The molecular formula is C21H24N4O4S2. The molecule has 0 aliphatic carbocycles. The van der Waals surface area contributed by atoms with Crippen LogP contribution < -0.4 is 10.0 Å². The summed E-state index contributed by atoms with van der Waals surface area (Å²) < 4.78 is 34.2. The van der Waals surface area contributed by atoms with Gasteiger partial charge in [-0.2, -0.15) is 0 Å². The molecule has 8 nitrogen and oxygen atoms in total. The lowest BCUT2D eigenvalue weighted by molar-refractivity contribution is 0.102. The van der Waals surface area contributed by atoms with E-state index < -0.39 is 10.0 Å². The van der Waals surface area contributed by atoms with Crippen LogP contribution in [0.5, 0.6) is 0 Å². The van der Waals surface area contributed by atoms with Gasteiger partial charge in [-0.25, -0.2) is 18.1 Å². The third-order valence-electron chi connectivity index (χ3n) is 4.37. The summed E-state index contributed by atoms with van der Waals surface area (Å²) in [5.74, 6) is -0.296. The van der Waals surface area contributed by atoms with E-state index >= 15 is 0 Å². The van der Waals surface area contributed by atoms with Crippen LogP contribution in [-0.2, 0) is 14.8 Å². The Morgan fingerprint density at radius 2 is 1.97 bits per heavy atom. The van der Waals surface area contributed by atoms with Crippen LogP contribution in [0.15, 0.2) is 71.0 Å².